The second-order valence-electron chi connectivity index (χ2n) is 4.96. The number of tetrazole rings is 1. The van der Waals surface area contributed by atoms with Gasteiger partial charge < -0.3 is 4.57 Å². The molecule has 0 N–H and O–H groups in total. The predicted octanol–water partition coefficient (Wildman–Crippen LogP) is 2.33. The third-order valence-electron chi connectivity index (χ3n) is 3.69. The minimum absolute atomic E-state index is 0.650. The fraction of sp³-hybridized carbons (Fsp3) is 0.125. The molecule has 0 spiro atoms. The van der Waals surface area contributed by atoms with Crippen molar-refractivity contribution < 1.29 is 0 Å². The molecular weight excluding hydrogens is 276 g/mol. The number of hydrogen-bond acceptors (Lipinski definition) is 4. The van der Waals surface area contributed by atoms with Crippen LogP contribution in [0.2, 0.25) is 0 Å². The van der Waals surface area contributed by atoms with Crippen LogP contribution in [-0.4, -0.2) is 24.6 Å². The maximum Gasteiger partial charge on any atom is 0.222 e. The van der Waals surface area contributed by atoms with Gasteiger partial charge in [0.05, 0.1) is 5.69 Å². The summed E-state index contributed by atoms with van der Waals surface area (Å²) in [5.74, 6) is 0. The van der Waals surface area contributed by atoms with Crippen LogP contribution >= 0.6 is 0 Å². The van der Waals surface area contributed by atoms with E-state index < -0.39 is 0 Å². The third kappa shape index (κ3) is 1.96. The van der Waals surface area contributed by atoms with E-state index >= 15 is 0 Å². The molecule has 0 aliphatic rings. The molecule has 0 aliphatic heterocycles. The average molecular weight is 290 g/mol. The van der Waals surface area contributed by atoms with Crippen molar-refractivity contribution in [1.82, 2.24) is 24.6 Å². The lowest BCUT2D eigenvalue weighted by molar-refractivity contribution is 0.698. The average Bonchev–Trinajstić information content (AvgIpc) is 3.04. The highest BCUT2D eigenvalue weighted by Gasteiger charge is 2.05. The van der Waals surface area contributed by atoms with Crippen molar-refractivity contribution in [2.75, 3.05) is 0 Å². The largest absolute Gasteiger partial charge is 0.329 e. The van der Waals surface area contributed by atoms with Crippen molar-refractivity contribution in [3.63, 3.8) is 0 Å². The molecule has 0 amide bonds. The lowest BCUT2D eigenvalue weighted by Gasteiger charge is -2.05. The summed E-state index contributed by atoms with van der Waals surface area (Å²) in [6.07, 6.45) is 3.77. The molecule has 0 bridgehead atoms. The number of hydrogen-bond donors (Lipinski definition) is 0. The lowest BCUT2D eigenvalue weighted by atomic mass is 10.1. The number of nitrogens with zero attached hydrogens (tertiary/aromatic N) is 6. The molecule has 0 saturated heterocycles. The second-order valence-corrected chi connectivity index (χ2v) is 4.96. The molecule has 6 nitrogen and oxygen atoms in total. The molecular formula is C16H14N6. The van der Waals surface area contributed by atoms with Crippen molar-refractivity contribution in [2.45, 2.75) is 13.5 Å². The highest BCUT2D eigenvalue weighted by Crippen LogP contribution is 2.24. The van der Waals surface area contributed by atoms with E-state index in [4.69, 9.17) is 4.99 Å². The molecule has 0 atom stereocenters. The zero-order valence-corrected chi connectivity index (χ0v) is 12.1. The Balaban J connectivity index is 2.09. The van der Waals surface area contributed by atoms with Gasteiger partial charge in [-0.3, -0.25) is 0 Å². The summed E-state index contributed by atoms with van der Waals surface area (Å²) in [6, 6.07) is 14.3. The fourth-order valence-electron chi connectivity index (χ4n) is 2.57. The van der Waals surface area contributed by atoms with Crippen molar-refractivity contribution in [1.29, 1.82) is 0 Å². The van der Waals surface area contributed by atoms with Gasteiger partial charge in [-0.25, -0.2) is 4.99 Å². The molecule has 0 unspecified atom stereocenters. The van der Waals surface area contributed by atoms with Crippen molar-refractivity contribution in [2.24, 2.45) is 4.99 Å². The zero-order chi connectivity index (χ0) is 14.9. The van der Waals surface area contributed by atoms with Crippen molar-refractivity contribution >= 4 is 22.1 Å². The second kappa shape index (κ2) is 5.07. The molecule has 0 saturated carbocycles. The van der Waals surface area contributed by atoms with Crippen LogP contribution in [0.3, 0.4) is 0 Å². The molecule has 22 heavy (non-hydrogen) atoms. The number of rotatable bonds is 2. The van der Waals surface area contributed by atoms with Gasteiger partial charge in [0.25, 0.3) is 0 Å². The number of aryl methyl sites for hydroxylation is 1. The number of aromatic nitrogens is 5. The van der Waals surface area contributed by atoms with E-state index in [9.17, 15) is 0 Å². The van der Waals surface area contributed by atoms with E-state index in [1.165, 1.54) is 5.39 Å². The topological polar surface area (TPSA) is 60.4 Å². The summed E-state index contributed by atoms with van der Waals surface area (Å²) in [5.41, 5.74) is 2.32. The molecule has 108 valence electrons. The molecule has 0 radical (unpaired) electrons. The molecule has 0 fully saturated rings. The Labute approximate surface area is 126 Å². The minimum atomic E-state index is 0.650. The summed E-state index contributed by atoms with van der Waals surface area (Å²) in [5, 5.41) is 14.0. The van der Waals surface area contributed by atoms with Gasteiger partial charge in [-0.05, 0) is 28.8 Å². The van der Waals surface area contributed by atoms with Crippen LogP contribution in [-0.2, 0) is 6.54 Å². The molecule has 6 heteroatoms. The molecule has 4 aromatic rings. The van der Waals surface area contributed by atoms with E-state index in [-0.39, 0.29) is 0 Å². The lowest BCUT2D eigenvalue weighted by Crippen LogP contribution is -2.22. The van der Waals surface area contributed by atoms with Crippen molar-refractivity contribution in [3.8, 4) is 0 Å². The van der Waals surface area contributed by atoms with Crippen LogP contribution in [0.4, 0.5) is 5.69 Å². The fourth-order valence-corrected chi connectivity index (χ4v) is 2.57. The van der Waals surface area contributed by atoms with Crippen LogP contribution in [0.25, 0.3) is 16.4 Å². The van der Waals surface area contributed by atoms with Crippen LogP contribution in [0, 0.1) is 0 Å². The summed E-state index contributed by atoms with van der Waals surface area (Å²) in [6.45, 7) is 2.87. The van der Waals surface area contributed by atoms with E-state index in [1.54, 1.807) is 4.52 Å². The molecule has 4 rings (SSSR count). The van der Waals surface area contributed by atoms with Crippen LogP contribution in [0.1, 0.15) is 6.92 Å². The standard InChI is InChI=1S/C16H14N6/c1-2-21-10-11-22-16(18-19-20-22)15(21)17-14-9-5-7-12-6-3-4-8-13(12)14/h3-11H,2H2,1H3. The van der Waals surface area contributed by atoms with Gasteiger partial charge in [-0.15, -0.1) is 5.10 Å². The van der Waals surface area contributed by atoms with E-state index in [0.717, 1.165) is 23.1 Å². The molecule has 0 aliphatic carbocycles. The van der Waals surface area contributed by atoms with Crippen LogP contribution < -0.4 is 5.49 Å². The molecule has 2 aromatic heterocycles. The van der Waals surface area contributed by atoms with Gasteiger partial charge in [0, 0.05) is 24.3 Å². The SMILES string of the molecule is CCn1ccn2nnnc2c1=Nc1cccc2ccccc12. The smallest absolute Gasteiger partial charge is 0.222 e. The van der Waals surface area contributed by atoms with Gasteiger partial charge in [-0.2, -0.15) is 4.52 Å². The van der Waals surface area contributed by atoms with Gasteiger partial charge in [-0.1, -0.05) is 36.4 Å². The normalized spacial score (nSPS) is 12.3. The Hall–Kier alpha value is -3.02. The van der Waals surface area contributed by atoms with Gasteiger partial charge in [0.2, 0.25) is 5.65 Å². The van der Waals surface area contributed by atoms with E-state index in [1.807, 2.05) is 41.2 Å². The predicted molar refractivity (Wildman–Crippen MR) is 83.6 cm³/mol. The molecule has 2 aromatic carbocycles. The first-order valence-corrected chi connectivity index (χ1v) is 7.16. The Morgan fingerprint density at radius 2 is 1.91 bits per heavy atom. The van der Waals surface area contributed by atoms with Gasteiger partial charge in [0.15, 0.2) is 5.49 Å². The van der Waals surface area contributed by atoms with Crippen LogP contribution in [0.5, 0.6) is 0 Å². The van der Waals surface area contributed by atoms with Gasteiger partial charge >= 0.3 is 0 Å². The Morgan fingerprint density at radius 1 is 1.05 bits per heavy atom. The van der Waals surface area contributed by atoms with Crippen LogP contribution in [0.15, 0.2) is 59.9 Å². The minimum Gasteiger partial charge on any atom is -0.329 e. The summed E-state index contributed by atoms with van der Waals surface area (Å²) in [4.78, 5) is 4.84. The van der Waals surface area contributed by atoms with Gasteiger partial charge in [0.1, 0.15) is 0 Å². The maximum absolute atomic E-state index is 4.84. The first kappa shape index (κ1) is 12.7. The highest BCUT2D eigenvalue weighted by atomic mass is 15.5. The highest BCUT2D eigenvalue weighted by molar-refractivity contribution is 5.92. The van der Waals surface area contributed by atoms with Crippen molar-refractivity contribution in [3.05, 3.63) is 60.3 Å². The molecule has 2 heterocycles. The summed E-state index contributed by atoms with van der Waals surface area (Å²) in [7, 11) is 0. The summed E-state index contributed by atoms with van der Waals surface area (Å²) >= 11 is 0. The Morgan fingerprint density at radius 3 is 2.82 bits per heavy atom. The number of fused-ring (bicyclic) bond motifs is 2. The Kier molecular flexibility index (Phi) is 2.93. The number of benzene rings is 2. The monoisotopic (exact) mass is 290 g/mol. The third-order valence-corrected chi connectivity index (χ3v) is 3.69. The maximum atomic E-state index is 4.84. The van der Waals surface area contributed by atoms with E-state index in [2.05, 4.69) is 40.6 Å². The zero-order valence-electron chi connectivity index (χ0n) is 12.1. The first-order chi connectivity index (χ1) is 10.9. The summed E-state index contributed by atoms with van der Waals surface area (Å²) < 4.78 is 3.67. The first-order valence-electron chi connectivity index (χ1n) is 7.16. The van der Waals surface area contributed by atoms with E-state index in [0.29, 0.717) is 5.65 Å². The quantitative estimate of drug-likeness (QED) is 0.569. The Bertz CT molecular complexity index is 1020.